The van der Waals surface area contributed by atoms with Crippen LogP contribution < -0.4 is 0 Å². The van der Waals surface area contributed by atoms with Crippen molar-refractivity contribution in [2.75, 3.05) is 0 Å². The van der Waals surface area contributed by atoms with Gasteiger partial charge in [-0.1, -0.05) is 6.92 Å². The van der Waals surface area contributed by atoms with E-state index in [0.29, 0.717) is 5.92 Å². The minimum absolute atomic E-state index is 0.110. The molecule has 14 heavy (non-hydrogen) atoms. The molecule has 1 heterocycles. The molecule has 1 aromatic rings. The summed E-state index contributed by atoms with van der Waals surface area (Å²) in [7, 11) is 0. The molecule has 0 amide bonds. The molecular weight excluding hydrogens is 176 g/mol. The minimum atomic E-state index is -0.110. The van der Waals surface area contributed by atoms with Crippen LogP contribution in [0, 0.1) is 11.8 Å². The van der Waals surface area contributed by atoms with Crippen LogP contribution in [0.1, 0.15) is 31.7 Å². The molecule has 78 valence electrons. The van der Waals surface area contributed by atoms with Crippen LogP contribution in [0.4, 0.5) is 0 Å². The van der Waals surface area contributed by atoms with Gasteiger partial charge in [0.1, 0.15) is 0 Å². The average molecular weight is 194 g/mol. The van der Waals surface area contributed by atoms with Crippen LogP contribution in [0.3, 0.4) is 0 Å². The number of aliphatic hydroxyl groups excluding tert-OH is 1. The molecule has 1 aliphatic rings. The van der Waals surface area contributed by atoms with Gasteiger partial charge in [0.15, 0.2) is 0 Å². The molecule has 0 spiro atoms. The molecule has 0 aliphatic heterocycles. The first-order chi connectivity index (χ1) is 6.75. The summed E-state index contributed by atoms with van der Waals surface area (Å²) in [5.41, 5.74) is 1.21. The van der Waals surface area contributed by atoms with E-state index in [2.05, 4.69) is 6.92 Å². The van der Waals surface area contributed by atoms with Gasteiger partial charge in [0.05, 0.1) is 18.6 Å². The predicted molar refractivity (Wildman–Crippen MR) is 54.9 cm³/mol. The Bertz CT molecular complexity index is 266. The monoisotopic (exact) mass is 194 g/mol. The Morgan fingerprint density at radius 3 is 3.07 bits per heavy atom. The van der Waals surface area contributed by atoms with Gasteiger partial charge in [-0.05, 0) is 49.1 Å². The van der Waals surface area contributed by atoms with Crippen LogP contribution in [0.25, 0.3) is 0 Å². The van der Waals surface area contributed by atoms with Crippen LogP contribution in [0.15, 0.2) is 23.0 Å². The van der Waals surface area contributed by atoms with Crippen molar-refractivity contribution in [1.29, 1.82) is 0 Å². The molecule has 2 nitrogen and oxygen atoms in total. The fraction of sp³-hybridized carbons (Fsp3) is 0.667. The first-order valence-corrected chi connectivity index (χ1v) is 5.45. The van der Waals surface area contributed by atoms with Gasteiger partial charge in [0, 0.05) is 0 Å². The second kappa shape index (κ2) is 4.18. The number of hydrogen-bond acceptors (Lipinski definition) is 2. The summed E-state index contributed by atoms with van der Waals surface area (Å²) >= 11 is 0. The van der Waals surface area contributed by atoms with Crippen molar-refractivity contribution >= 4 is 0 Å². The summed E-state index contributed by atoms with van der Waals surface area (Å²) in [5.74, 6) is 1.19. The van der Waals surface area contributed by atoms with Gasteiger partial charge in [-0.3, -0.25) is 0 Å². The Hall–Kier alpha value is -0.760. The summed E-state index contributed by atoms with van der Waals surface area (Å²) in [6.07, 6.45) is 7.61. The van der Waals surface area contributed by atoms with Crippen molar-refractivity contribution in [3.8, 4) is 0 Å². The normalized spacial score (nSPS) is 33.1. The molecule has 2 rings (SSSR count). The van der Waals surface area contributed by atoms with Crippen molar-refractivity contribution in [1.82, 2.24) is 0 Å². The third-order valence-electron chi connectivity index (χ3n) is 3.28. The Kier molecular flexibility index (Phi) is 2.92. The summed E-state index contributed by atoms with van der Waals surface area (Å²) in [5, 5.41) is 9.85. The maximum absolute atomic E-state index is 9.85. The van der Waals surface area contributed by atoms with Crippen LogP contribution in [0.5, 0.6) is 0 Å². The molecule has 3 unspecified atom stereocenters. The van der Waals surface area contributed by atoms with Crippen LogP contribution in [0.2, 0.25) is 0 Å². The van der Waals surface area contributed by atoms with E-state index in [-0.39, 0.29) is 6.10 Å². The van der Waals surface area contributed by atoms with Crippen molar-refractivity contribution in [3.63, 3.8) is 0 Å². The zero-order chi connectivity index (χ0) is 9.97. The quantitative estimate of drug-likeness (QED) is 0.785. The lowest BCUT2D eigenvalue weighted by Gasteiger charge is -2.31. The van der Waals surface area contributed by atoms with Crippen LogP contribution in [-0.4, -0.2) is 11.2 Å². The first-order valence-electron chi connectivity index (χ1n) is 5.45. The smallest absolute Gasteiger partial charge is 0.0934 e. The maximum Gasteiger partial charge on any atom is 0.0934 e. The van der Waals surface area contributed by atoms with Crippen LogP contribution in [-0.2, 0) is 6.42 Å². The van der Waals surface area contributed by atoms with Gasteiger partial charge < -0.3 is 9.52 Å². The highest BCUT2D eigenvalue weighted by atomic mass is 16.3. The Balaban J connectivity index is 1.95. The molecule has 0 saturated heterocycles. The van der Waals surface area contributed by atoms with Gasteiger partial charge in [-0.15, -0.1) is 0 Å². The van der Waals surface area contributed by atoms with Gasteiger partial charge in [0.25, 0.3) is 0 Å². The Labute approximate surface area is 84.9 Å². The minimum Gasteiger partial charge on any atom is -0.472 e. The molecule has 1 fully saturated rings. The number of aliphatic hydroxyl groups is 1. The SMILES string of the molecule is CC1CCC(O)C(Cc2ccoc2)C1. The standard InChI is InChI=1S/C12H18O2/c1-9-2-3-12(13)11(6-9)7-10-4-5-14-8-10/h4-5,8-9,11-13H,2-3,6-7H2,1H3. The van der Waals surface area contributed by atoms with Crippen molar-refractivity contribution in [2.24, 2.45) is 11.8 Å². The molecule has 0 radical (unpaired) electrons. The molecule has 1 N–H and O–H groups in total. The third-order valence-corrected chi connectivity index (χ3v) is 3.28. The molecule has 3 atom stereocenters. The van der Waals surface area contributed by atoms with Gasteiger partial charge >= 0.3 is 0 Å². The molecule has 0 aromatic carbocycles. The van der Waals surface area contributed by atoms with E-state index >= 15 is 0 Å². The summed E-state index contributed by atoms with van der Waals surface area (Å²) in [6.45, 7) is 2.27. The van der Waals surface area contributed by atoms with Gasteiger partial charge in [-0.2, -0.15) is 0 Å². The van der Waals surface area contributed by atoms with E-state index in [4.69, 9.17) is 4.42 Å². The third kappa shape index (κ3) is 2.18. The Morgan fingerprint density at radius 1 is 1.50 bits per heavy atom. The largest absolute Gasteiger partial charge is 0.472 e. The second-order valence-electron chi connectivity index (χ2n) is 4.58. The van der Waals surface area contributed by atoms with Crippen LogP contribution >= 0.6 is 0 Å². The number of rotatable bonds is 2. The predicted octanol–water partition coefficient (Wildman–Crippen LogP) is 2.62. The summed E-state index contributed by atoms with van der Waals surface area (Å²) in [4.78, 5) is 0. The molecule has 0 bridgehead atoms. The highest BCUT2D eigenvalue weighted by Gasteiger charge is 2.27. The Morgan fingerprint density at radius 2 is 2.36 bits per heavy atom. The lowest BCUT2D eigenvalue weighted by atomic mass is 9.78. The van der Waals surface area contributed by atoms with E-state index in [9.17, 15) is 5.11 Å². The fourth-order valence-electron chi connectivity index (χ4n) is 2.41. The summed E-state index contributed by atoms with van der Waals surface area (Å²) in [6, 6.07) is 1.99. The molecule has 2 heteroatoms. The van der Waals surface area contributed by atoms with Crippen molar-refractivity contribution < 1.29 is 9.52 Å². The zero-order valence-corrected chi connectivity index (χ0v) is 8.65. The topological polar surface area (TPSA) is 33.4 Å². The number of hydrogen-bond donors (Lipinski definition) is 1. The molecule has 1 aliphatic carbocycles. The lowest BCUT2D eigenvalue weighted by molar-refractivity contribution is 0.0519. The van der Waals surface area contributed by atoms with E-state index in [0.717, 1.165) is 25.2 Å². The lowest BCUT2D eigenvalue weighted by Crippen LogP contribution is -2.29. The zero-order valence-electron chi connectivity index (χ0n) is 8.65. The average Bonchev–Trinajstić information content (AvgIpc) is 2.64. The number of furan rings is 1. The molecule has 1 aromatic heterocycles. The van der Waals surface area contributed by atoms with Gasteiger partial charge in [-0.25, -0.2) is 0 Å². The molecular formula is C12H18O2. The van der Waals surface area contributed by atoms with Crippen molar-refractivity contribution in [3.05, 3.63) is 24.2 Å². The van der Waals surface area contributed by atoms with Crippen molar-refractivity contribution in [2.45, 2.75) is 38.7 Å². The van der Waals surface area contributed by atoms with E-state index in [1.165, 1.54) is 12.0 Å². The van der Waals surface area contributed by atoms with Gasteiger partial charge in [0.2, 0.25) is 0 Å². The first kappa shape index (κ1) is 9.78. The second-order valence-corrected chi connectivity index (χ2v) is 4.58. The molecule has 1 saturated carbocycles. The van der Waals surface area contributed by atoms with E-state index in [1.807, 2.05) is 6.07 Å². The van der Waals surface area contributed by atoms with E-state index < -0.39 is 0 Å². The van der Waals surface area contributed by atoms with E-state index in [1.54, 1.807) is 12.5 Å². The summed E-state index contributed by atoms with van der Waals surface area (Å²) < 4.78 is 5.04. The highest BCUT2D eigenvalue weighted by molar-refractivity contribution is 5.07. The highest BCUT2D eigenvalue weighted by Crippen LogP contribution is 2.31. The fourth-order valence-corrected chi connectivity index (χ4v) is 2.41. The maximum atomic E-state index is 9.85.